The van der Waals surface area contributed by atoms with Crippen LogP contribution >= 0.6 is 35.7 Å². The molecule has 3 rings (SSSR count). The van der Waals surface area contributed by atoms with Crippen molar-refractivity contribution in [2.75, 3.05) is 25.0 Å². The fraction of sp³-hybridized carbons (Fsp3) is 0.600. The van der Waals surface area contributed by atoms with Crippen molar-refractivity contribution in [3.05, 3.63) is 11.0 Å². The Labute approximate surface area is 314 Å². The first-order chi connectivity index (χ1) is 18.5. The fourth-order valence-corrected chi connectivity index (χ4v) is 6.55. The van der Waals surface area contributed by atoms with Crippen molar-refractivity contribution < 1.29 is 150 Å². The van der Waals surface area contributed by atoms with Gasteiger partial charge in [0.15, 0.2) is 16.8 Å². The molecule has 2 aromatic rings. The first-order valence-electron chi connectivity index (χ1n) is 11.0. The van der Waals surface area contributed by atoms with Gasteiger partial charge in [-0.3, -0.25) is 23.3 Å². The molecular weight excluding hydrogens is 694 g/mol. The summed E-state index contributed by atoms with van der Waals surface area (Å²) >= 11 is 5.26. The summed E-state index contributed by atoms with van der Waals surface area (Å²) in [5.74, 6) is 0.232. The van der Waals surface area contributed by atoms with E-state index in [2.05, 4.69) is 38.4 Å². The topological polar surface area (TPSA) is 341 Å². The number of imidazole rings is 1. The number of anilines is 1. The minimum absolute atomic E-state index is 0. The summed E-state index contributed by atoms with van der Waals surface area (Å²) in [5, 5.41) is 23.9. The van der Waals surface area contributed by atoms with Gasteiger partial charge in [-0.1, -0.05) is 12.2 Å². The second-order valence-corrected chi connectivity index (χ2v) is 12.7. The number of aromatic amines is 1. The number of aliphatic hydroxyl groups excluding tert-OH is 2. The quantitative estimate of drug-likeness (QED) is 0.0238. The van der Waals surface area contributed by atoms with E-state index in [4.69, 9.17) is 33.3 Å². The fourth-order valence-electron chi connectivity index (χ4n) is 3.41. The SMILES string of the molecule is NC(N)=NCCCCNc1nc(=S)c2ncn([C@@H]3O[C@H](COP(=O)([O-])OP(=O)([O-])OP(=O)([O-])O)C(O)[C@@H]3O)c2[nH]1.[Na+].[Na+].[Na+]. The smallest absolute Gasteiger partial charge is 0.756 e. The maximum Gasteiger partial charge on any atom is 1.00 e. The third-order valence-electron chi connectivity index (χ3n) is 5.03. The first-order valence-corrected chi connectivity index (χ1v) is 15.8. The average molecular weight is 718 g/mol. The minimum atomic E-state index is -6.11. The summed E-state index contributed by atoms with van der Waals surface area (Å²) in [5.41, 5.74) is 11.0. The van der Waals surface area contributed by atoms with Gasteiger partial charge >= 0.3 is 88.7 Å². The number of hydrogen-bond donors (Lipinski definition) is 7. The maximum absolute atomic E-state index is 11.8. The van der Waals surface area contributed by atoms with Crippen LogP contribution in [0.4, 0.5) is 5.95 Å². The number of fused-ring (bicyclic) bond motifs is 1. The number of phosphoric acid groups is 3. The van der Waals surface area contributed by atoms with Crippen LogP contribution in [0.15, 0.2) is 11.3 Å². The van der Waals surface area contributed by atoms with E-state index in [-0.39, 0.29) is 116 Å². The van der Waals surface area contributed by atoms with Crippen LogP contribution in [-0.2, 0) is 31.6 Å². The van der Waals surface area contributed by atoms with Crippen molar-refractivity contribution in [2.24, 2.45) is 16.5 Å². The summed E-state index contributed by atoms with van der Waals surface area (Å²) in [4.78, 5) is 57.2. The molecule has 0 saturated carbocycles. The van der Waals surface area contributed by atoms with Gasteiger partial charge in [0.25, 0.3) is 23.5 Å². The molecule has 0 spiro atoms. The molecule has 0 aromatic carbocycles. The second kappa shape index (κ2) is 18.6. The van der Waals surface area contributed by atoms with Crippen molar-refractivity contribution in [2.45, 2.75) is 37.4 Å². The van der Waals surface area contributed by atoms with Crippen molar-refractivity contribution in [3.63, 3.8) is 0 Å². The normalized spacial score (nSPS) is 23.9. The number of rotatable bonds is 14. The largest absolute Gasteiger partial charge is 1.00 e. The minimum Gasteiger partial charge on any atom is -0.756 e. The average Bonchev–Trinajstić information content (AvgIpc) is 3.33. The molecule has 2 aromatic heterocycles. The third-order valence-corrected chi connectivity index (χ3v) is 9.01. The van der Waals surface area contributed by atoms with Gasteiger partial charge in [-0.05, 0) is 12.8 Å². The molecule has 9 N–H and O–H groups in total. The van der Waals surface area contributed by atoms with Gasteiger partial charge in [-0.15, -0.1) is 0 Å². The summed E-state index contributed by atoms with van der Waals surface area (Å²) in [6, 6.07) is 0. The molecule has 43 heavy (non-hydrogen) atoms. The molecule has 0 aliphatic carbocycles. The van der Waals surface area contributed by atoms with Gasteiger partial charge in [0.1, 0.15) is 29.5 Å². The van der Waals surface area contributed by atoms with Crippen molar-refractivity contribution in [1.29, 1.82) is 0 Å². The molecular formula is C15H24N8Na3O13P3S. The van der Waals surface area contributed by atoms with E-state index in [0.29, 0.717) is 25.9 Å². The van der Waals surface area contributed by atoms with Crippen LogP contribution in [0.2, 0.25) is 0 Å². The predicted octanol–water partition coefficient (Wildman–Crippen LogP) is -12.0. The van der Waals surface area contributed by atoms with Gasteiger partial charge in [-0.25, -0.2) is 18.6 Å². The van der Waals surface area contributed by atoms with Gasteiger partial charge in [-0.2, -0.15) is 0 Å². The van der Waals surface area contributed by atoms with E-state index in [1.54, 1.807) is 0 Å². The second-order valence-electron chi connectivity index (χ2n) is 8.05. The number of guanidine groups is 1. The number of phosphoric ester groups is 1. The standard InChI is InChI=1S/C15H27N8O13P3S.3Na/c16-14(17)18-3-1-2-4-19-15-21-11-8(12(40)22-15)20-6-23(11)13-10(25)9(24)7(34-13)5-33-38(29,30)36-39(31,32)35-37(26,27)28;;;/h6-7,9-10,13,24-25H,1-5H2,(H,29,30)(H,31,32)(H4,16,17,18)(H2,26,27,28)(H2,19,21,22,40);;;/q;3*+1/p-3/t7-,9?,10+,13-;;;/m1.../s1. The summed E-state index contributed by atoms with van der Waals surface area (Å²) in [6.07, 6.45) is -3.80. The molecule has 226 valence electrons. The molecule has 1 aliphatic rings. The molecule has 1 aliphatic heterocycles. The van der Waals surface area contributed by atoms with Crippen LogP contribution in [0.25, 0.3) is 11.2 Å². The van der Waals surface area contributed by atoms with Gasteiger partial charge in [0, 0.05) is 13.1 Å². The van der Waals surface area contributed by atoms with Gasteiger partial charge < -0.3 is 60.8 Å². The maximum atomic E-state index is 11.8. The zero-order valence-corrected chi connectivity index (χ0v) is 32.5. The Bertz CT molecular complexity index is 1440. The van der Waals surface area contributed by atoms with Gasteiger partial charge in [0.05, 0.1) is 12.9 Å². The predicted molar refractivity (Wildman–Crippen MR) is 130 cm³/mol. The van der Waals surface area contributed by atoms with Crippen LogP contribution in [0.3, 0.4) is 0 Å². The van der Waals surface area contributed by atoms with E-state index in [1.165, 1.54) is 10.9 Å². The Morgan fingerprint density at radius 3 is 2.40 bits per heavy atom. The Balaban J connectivity index is 0.00000588. The molecule has 21 nitrogen and oxygen atoms in total. The van der Waals surface area contributed by atoms with Crippen LogP contribution in [0.5, 0.6) is 0 Å². The molecule has 1 saturated heterocycles. The zero-order valence-electron chi connectivity index (χ0n) is 23.0. The number of aliphatic imine (C=N–C) groups is 1. The molecule has 28 heteroatoms. The van der Waals surface area contributed by atoms with Crippen molar-refractivity contribution in [3.8, 4) is 0 Å². The Morgan fingerprint density at radius 2 is 1.79 bits per heavy atom. The van der Waals surface area contributed by atoms with Crippen LogP contribution in [0, 0.1) is 4.64 Å². The number of nitrogens with one attached hydrogen (secondary N) is 2. The van der Waals surface area contributed by atoms with Crippen LogP contribution < -0.4 is 120 Å². The number of aliphatic hydroxyl groups is 2. The molecule has 7 atom stereocenters. The number of nitrogens with zero attached hydrogens (tertiary/aromatic N) is 4. The van der Waals surface area contributed by atoms with Crippen LogP contribution in [0.1, 0.15) is 19.1 Å². The first kappa shape index (κ1) is 44.1. The number of unbranched alkanes of at least 4 members (excludes halogenated alkanes) is 1. The van der Waals surface area contributed by atoms with E-state index < -0.39 is 54.6 Å². The summed E-state index contributed by atoms with van der Waals surface area (Å²) in [7, 11) is -17.9. The number of aromatic nitrogens is 4. The molecule has 4 unspecified atom stereocenters. The number of hydrogen-bond acceptors (Lipinski definition) is 17. The molecule has 1 fully saturated rings. The summed E-state index contributed by atoms with van der Waals surface area (Å²) < 4.78 is 51.5. The monoisotopic (exact) mass is 718 g/mol. The van der Waals surface area contributed by atoms with Gasteiger partial charge in [0.2, 0.25) is 5.95 Å². The third kappa shape index (κ3) is 13.6. The summed E-state index contributed by atoms with van der Waals surface area (Å²) in [6.45, 7) is -0.186. The Kier molecular flexibility index (Phi) is 19.1. The van der Waals surface area contributed by atoms with E-state index in [1.807, 2.05) is 0 Å². The van der Waals surface area contributed by atoms with E-state index >= 15 is 0 Å². The molecule has 0 bridgehead atoms. The van der Waals surface area contributed by atoms with Crippen molar-refractivity contribution in [1.82, 2.24) is 19.5 Å². The number of H-pyrrole nitrogens is 1. The van der Waals surface area contributed by atoms with Crippen molar-refractivity contribution >= 4 is 58.8 Å². The molecule has 0 radical (unpaired) electrons. The Hall–Kier alpha value is 1.13. The molecule has 0 amide bonds. The van der Waals surface area contributed by atoms with E-state index in [0.717, 1.165) is 0 Å². The Morgan fingerprint density at radius 1 is 1.14 bits per heavy atom. The number of ether oxygens (including phenoxy) is 1. The number of nitrogens with two attached hydrogens (primary N) is 2. The van der Waals surface area contributed by atoms with E-state index in [9.17, 15) is 38.6 Å². The molecule has 3 heterocycles. The van der Waals surface area contributed by atoms with Crippen LogP contribution in [-0.4, -0.2) is 78.6 Å². The zero-order chi connectivity index (χ0) is 29.9.